The maximum Gasteiger partial charge on any atom is 0.424 e. The number of sulfonamides is 1. The number of para-hydroxylation sites is 1. The van der Waals surface area contributed by atoms with Gasteiger partial charge in [-0.2, -0.15) is 0 Å². The normalized spacial score (nSPS) is 12.3. The van der Waals surface area contributed by atoms with E-state index in [9.17, 15) is 43.0 Å². The Morgan fingerprint density at radius 3 is 1.40 bits per heavy atom. The van der Waals surface area contributed by atoms with Crippen LogP contribution in [0.2, 0.25) is 0 Å². The van der Waals surface area contributed by atoms with Crippen LogP contribution in [0, 0.1) is 20.2 Å². The van der Waals surface area contributed by atoms with Gasteiger partial charge in [0, 0.05) is 50.9 Å². The summed E-state index contributed by atoms with van der Waals surface area (Å²) < 4.78 is 52.7. The molecule has 5 aromatic carbocycles. The first-order chi connectivity index (χ1) is 34.0. The van der Waals surface area contributed by atoms with E-state index in [-0.39, 0.29) is 56.9 Å². The van der Waals surface area contributed by atoms with Crippen molar-refractivity contribution in [2.45, 2.75) is 95.5 Å². The van der Waals surface area contributed by atoms with E-state index in [2.05, 4.69) is 0 Å². The van der Waals surface area contributed by atoms with Gasteiger partial charge in [-0.3, -0.25) is 20.2 Å². The summed E-state index contributed by atoms with van der Waals surface area (Å²) in [7, 11) is -4.77. The smallest absolute Gasteiger partial charge is 0.424 e. The minimum Gasteiger partial charge on any atom is -0.444 e. The Hall–Kier alpha value is -7.38. The Morgan fingerprint density at radius 1 is 0.556 bits per heavy atom. The molecule has 0 aliphatic rings. The van der Waals surface area contributed by atoms with Gasteiger partial charge in [-0.05, 0) is 103 Å². The average molecular weight is 1010 g/mol. The summed E-state index contributed by atoms with van der Waals surface area (Å²) in [6.45, 7) is 11.6. The molecule has 5 rings (SSSR count). The van der Waals surface area contributed by atoms with Gasteiger partial charge >= 0.3 is 18.3 Å². The molecule has 0 N–H and O–H groups in total. The summed E-state index contributed by atoms with van der Waals surface area (Å²) in [5.74, 6) is 0. The molecule has 0 aliphatic carbocycles. The van der Waals surface area contributed by atoms with Gasteiger partial charge in [-0.15, -0.1) is 0 Å². The van der Waals surface area contributed by atoms with E-state index in [1.807, 2.05) is 91.0 Å². The number of amides is 3. The molecular formula is C53H63N5O13S. The number of hydrogen-bond donors (Lipinski definition) is 0. The first kappa shape index (κ1) is 55.5. The molecule has 0 fully saturated rings. The quantitative estimate of drug-likeness (QED) is 0.0207. The molecular weight excluding hydrogens is 947 g/mol. The highest BCUT2D eigenvalue weighted by Gasteiger charge is 2.38. The molecule has 5 aromatic rings. The summed E-state index contributed by atoms with van der Waals surface area (Å²) in [5, 5.41) is 23.1. The molecule has 19 heteroatoms. The van der Waals surface area contributed by atoms with Crippen molar-refractivity contribution in [2.75, 3.05) is 39.3 Å². The molecule has 0 radical (unpaired) electrons. The van der Waals surface area contributed by atoms with Crippen molar-refractivity contribution in [1.82, 2.24) is 14.1 Å². The topological polar surface area (TPSA) is 218 Å². The molecule has 18 nitrogen and oxygen atoms in total. The number of ether oxygens (including phenoxy) is 4. The van der Waals surface area contributed by atoms with Crippen LogP contribution in [0.5, 0.6) is 0 Å². The van der Waals surface area contributed by atoms with E-state index in [4.69, 9.17) is 18.9 Å². The molecule has 0 heterocycles. The number of carbonyl (C=O) groups excluding carboxylic acids is 3. The molecule has 1 atom stereocenters. The Bertz CT molecular complexity index is 2620. The van der Waals surface area contributed by atoms with Crippen LogP contribution >= 0.6 is 0 Å². The van der Waals surface area contributed by atoms with Gasteiger partial charge in [-0.1, -0.05) is 103 Å². The van der Waals surface area contributed by atoms with E-state index >= 15 is 0 Å². The molecule has 0 saturated heterocycles. The third kappa shape index (κ3) is 15.1. The van der Waals surface area contributed by atoms with Crippen LogP contribution in [-0.2, 0) is 34.6 Å². The summed E-state index contributed by atoms with van der Waals surface area (Å²) in [6, 6.07) is 39.1. The van der Waals surface area contributed by atoms with E-state index < -0.39 is 78.2 Å². The van der Waals surface area contributed by atoms with Gasteiger partial charge in [0.25, 0.3) is 21.4 Å². The standard InChI is InChI=1S/C53H63N5O13S/c1-40(46-28-17-18-29-47(46)58(64)65)69-50(61)56(72(66,67)45-32-30-44(31-33-45)57(62)63)38-20-36-54(48(59)70-51(2,3)4)34-19-35-55(49(60)71-52(5,6)7)37-21-39-68-53(41-22-11-8-12-23-41,42-24-13-9-14-25-42)43-26-15-10-16-27-43/h8-18,22-33,40H,19-21,34-39H2,1-7H3. The fourth-order valence-corrected chi connectivity index (χ4v) is 9.14. The van der Waals surface area contributed by atoms with E-state index in [1.165, 1.54) is 36.1 Å². The number of carbonyl (C=O) groups is 3. The SMILES string of the molecule is CC(OC(=O)N(CCCN(CCCN(CCCOC(c1ccccc1)(c1ccccc1)c1ccccc1)C(=O)OC(C)(C)C)C(=O)OC(C)(C)C)S(=O)(=O)c1ccc([N+](=O)[O-])cc1)c1ccccc1[N+](=O)[O-]. The summed E-state index contributed by atoms with van der Waals surface area (Å²) in [6.07, 6.45) is -3.52. The van der Waals surface area contributed by atoms with Crippen LogP contribution in [-0.4, -0.2) is 101 Å². The highest BCUT2D eigenvalue weighted by Crippen LogP contribution is 2.40. The largest absolute Gasteiger partial charge is 0.444 e. The van der Waals surface area contributed by atoms with Crippen molar-refractivity contribution >= 4 is 39.7 Å². The lowest BCUT2D eigenvalue weighted by Crippen LogP contribution is -2.43. The van der Waals surface area contributed by atoms with Crippen LogP contribution in [0.4, 0.5) is 25.8 Å². The maximum atomic E-state index is 14.1. The number of nitro groups is 2. The third-order valence-corrected chi connectivity index (χ3v) is 12.8. The lowest BCUT2D eigenvalue weighted by Gasteiger charge is -2.36. The van der Waals surface area contributed by atoms with E-state index in [0.29, 0.717) is 10.7 Å². The fourth-order valence-electron chi connectivity index (χ4n) is 7.80. The van der Waals surface area contributed by atoms with Crippen molar-refractivity contribution in [2.24, 2.45) is 0 Å². The number of nitrogens with zero attached hydrogens (tertiary/aromatic N) is 5. The van der Waals surface area contributed by atoms with Gasteiger partial charge in [0.2, 0.25) is 0 Å². The van der Waals surface area contributed by atoms with Gasteiger partial charge < -0.3 is 28.7 Å². The molecule has 0 bridgehead atoms. The summed E-state index contributed by atoms with van der Waals surface area (Å²) in [5.41, 5.74) is -0.719. The van der Waals surface area contributed by atoms with Crippen molar-refractivity contribution in [3.05, 3.63) is 182 Å². The molecule has 384 valence electrons. The van der Waals surface area contributed by atoms with Crippen LogP contribution in [0.1, 0.15) is 96.1 Å². The number of benzene rings is 5. The summed E-state index contributed by atoms with van der Waals surface area (Å²) >= 11 is 0. The van der Waals surface area contributed by atoms with Gasteiger partial charge in [0.05, 0.1) is 26.9 Å². The molecule has 3 amide bonds. The van der Waals surface area contributed by atoms with Gasteiger partial charge in [0.1, 0.15) is 22.9 Å². The number of rotatable bonds is 22. The fraction of sp³-hybridized carbons (Fsp3) is 0.377. The lowest BCUT2D eigenvalue weighted by molar-refractivity contribution is -0.386. The summed E-state index contributed by atoms with van der Waals surface area (Å²) in [4.78, 5) is 65.6. The second-order valence-electron chi connectivity index (χ2n) is 18.8. The molecule has 1 unspecified atom stereocenters. The third-order valence-electron chi connectivity index (χ3n) is 11.1. The average Bonchev–Trinajstić information content (AvgIpc) is 3.33. The van der Waals surface area contributed by atoms with Crippen LogP contribution < -0.4 is 0 Å². The van der Waals surface area contributed by atoms with E-state index in [0.717, 1.165) is 41.0 Å². The lowest BCUT2D eigenvalue weighted by atomic mass is 9.80. The van der Waals surface area contributed by atoms with Crippen molar-refractivity contribution < 1.29 is 51.6 Å². The minimum atomic E-state index is -4.77. The van der Waals surface area contributed by atoms with Crippen LogP contribution in [0.25, 0.3) is 0 Å². The van der Waals surface area contributed by atoms with Gasteiger partial charge in [0.15, 0.2) is 0 Å². The first-order valence-electron chi connectivity index (χ1n) is 23.5. The molecule has 0 spiro atoms. The molecule has 0 saturated carbocycles. The Labute approximate surface area is 420 Å². The number of hydrogen-bond acceptors (Lipinski definition) is 13. The van der Waals surface area contributed by atoms with Gasteiger partial charge in [-0.25, -0.2) is 27.1 Å². The van der Waals surface area contributed by atoms with Crippen molar-refractivity contribution in [3.8, 4) is 0 Å². The van der Waals surface area contributed by atoms with Crippen molar-refractivity contribution in [1.29, 1.82) is 0 Å². The minimum absolute atomic E-state index is 0.00671. The molecule has 0 aliphatic heterocycles. The predicted octanol–water partition coefficient (Wildman–Crippen LogP) is 11.0. The molecule has 72 heavy (non-hydrogen) atoms. The second-order valence-corrected chi connectivity index (χ2v) is 20.7. The highest BCUT2D eigenvalue weighted by atomic mass is 32.2. The predicted molar refractivity (Wildman–Crippen MR) is 270 cm³/mol. The number of nitro benzene ring substituents is 2. The zero-order valence-corrected chi connectivity index (χ0v) is 42.5. The van der Waals surface area contributed by atoms with Crippen LogP contribution in [0.3, 0.4) is 0 Å². The monoisotopic (exact) mass is 1010 g/mol. The highest BCUT2D eigenvalue weighted by molar-refractivity contribution is 7.89. The van der Waals surface area contributed by atoms with Crippen LogP contribution in [0.15, 0.2) is 144 Å². The number of non-ortho nitro benzene ring substituents is 1. The molecule has 0 aromatic heterocycles. The second kappa shape index (κ2) is 24.6. The Balaban J connectivity index is 1.35. The maximum absolute atomic E-state index is 14.1. The van der Waals surface area contributed by atoms with E-state index in [1.54, 1.807) is 46.4 Å². The Kier molecular flexibility index (Phi) is 19.0. The Morgan fingerprint density at radius 2 is 0.972 bits per heavy atom. The van der Waals surface area contributed by atoms with Crippen molar-refractivity contribution in [3.63, 3.8) is 0 Å². The first-order valence-corrected chi connectivity index (χ1v) is 24.9. The zero-order chi connectivity index (χ0) is 52.7. The zero-order valence-electron chi connectivity index (χ0n) is 41.7.